The monoisotopic (exact) mass is 323 g/mol. The maximum Gasteiger partial charge on any atom is 0.182 e. The van der Waals surface area contributed by atoms with Gasteiger partial charge in [-0.1, -0.05) is 0 Å². The van der Waals surface area contributed by atoms with E-state index in [1.807, 2.05) is 11.8 Å². The summed E-state index contributed by atoms with van der Waals surface area (Å²) in [6, 6.07) is -0.0181. The Hall–Kier alpha value is -0.900. The van der Waals surface area contributed by atoms with Crippen molar-refractivity contribution in [2.75, 3.05) is 50.9 Å². The molecule has 9 heteroatoms. The van der Waals surface area contributed by atoms with Crippen LogP contribution in [0.1, 0.15) is 6.92 Å². The van der Waals surface area contributed by atoms with E-state index in [2.05, 4.69) is 4.37 Å². The van der Waals surface area contributed by atoms with E-state index in [0.29, 0.717) is 24.8 Å². The average Bonchev–Trinajstić information content (AvgIpc) is 2.72. The lowest BCUT2D eigenvalue weighted by atomic mass is 10.3. The van der Waals surface area contributed by atoms with Crippen molar-refractivity contribution in [3.05, 3.63) is 0 Å². The normalized spacial score (nSPS) is 13.4. The number of ether oxygens (including phenoxy) is 2. The minimum atomic E-state index is -3.44. The van der Waals surface area contributed by atoms with Crippen LogP contribution in [0, 0.1) is 0 Å². The Morgan fingerprint density at radius 3 is 2.55 bits per heavy atom. The van der Waals surface area contributed by atoms with Crippen LogP contribution in [0.25, 0.3) is 0 Å². The van der Waals surface area contributed by atoms with Crippen molar-refractivity contribution in [1.82, 2.24) is 4.37 Å². The Bertz CT molecular complexity index is 530. The summed E-state index contributed by atoms with van der Waals surface area (Å²) in [6.45, 7) is 3.41. The molecule has 1 heterocycles. The van der Waals surface area contributed by atoms with Gasteiger partial charge in [0.25, 0.3) is 0 Å². The molecule has 0 aliphatic carbocycles. The van der Waals surface area contributed by atoms with E-state index in [-0.39, 0.29) is 16.8 Å². The molecule has 1 atom stereocenters. The van der Waals surface area contributed by atoms with Crippen molar-refractivity contribution in [3.8, 4) is 0 Å². The third-order valence-electron chi connectivity index (χ3n) is 2.77. The summed E-state index contributed by atoms with van der Waals surface area (Å²) in [6.07, 6.45) is 1.13. The predicted molar refractivity (Wildman–Crippen MR) is 80.2 cm³/mol. The smallest absolute Gasteiger partial charge is 0.182 e. The van der Waals surface area contributed by atoms with Crippen molar-refractivity contribution in [1.29, 1.82) is 0 Å². The summed E-state index contributed by atoms with van der Waals surface area (Å²) < 4.78 is 38.0. The minimum Gasteiger partial charge on any atom is -0.383 e. The van der Waals surface area contributed by atoms with Gasteiger partial charge in [-0.05, 0) is 18.5 Å². The average molecular weight is 323 g/mol. The Morgan fingerprint density at radius 2 is 2.05 bits per heavy atom. The van der Waals surface area contributed by atoms with Gasteiger partial charge >= 0.3 is 0 Å². The fourth-order valence-electron chi connectivity index (χ4n) is 1.86. The SMILES string of the molecule is COCCN(c1snc(N)c1S(C)(=O)=O)C(C)COC. The molecule has 0 saturated heterocycles. The topological polar surface area (TPSA) is 94.7 Å². The molecule has 7 nitrogen and oxygen atoms in total. The zero-order chi connectivity index (χ0) is 15.3. The quantitative estimate of drug-likeness (QED) is 0.749. The zero-order valence-electron chi connectivity index (χ0n) is 12.1. The summed E-state index contributed by atoms with van der Waals surface area (Å²) in [5, 5.41) is 0.534. The van der Waals surface area contributed by atoms with Gasteiger partial charge < -0.3 is 20.1 Å². The van der Waals surface area contributed by atoms with Crippen LogP contribution in [-0.4, -0.2) is 59.1 Å². The third-order valence-corrected chi connectivity index (χ3v) is 4.94. The van der Waals surface area contributed by atoms with E-state index in [9.17, 15) is 8.42 Å². The molecule has 1 rings (SSSR count). The highest BCUT2D eigenvalue weighted by atomic mass is 32.2. The second kappa shape index (κ2) is 7.21. The van der Waals surface area contributed by atoms with Gasteiger partial charge in [-0.25, -0.2) is 8.42 Å². The first-order valence-corrected chi connectivity index (χ1v) is 8.69. The molecule has 0 fully saturated rings. The standard InChI is InChI=1S/C11H21N3O4S2/c1-8(7-18-3)14(5-6-17-2)11-9(20(4,15)16)10(12)13-19-11/h8H,5-7H2,1-4H3,(H2,12,13). The Kier molecular flexibility index (Phi) is 6.18. The number of nitrogen functional groups attached to an aromatic ring is 1. The second-order valence-corrected chi connectivity index (χ2v) is 7.17. The van der Waals surface area contributed by atoms with Gasteiger partial charge in [-0.2, -0.15) is 4.37 Å². The second-order valence-electron chi connectivity index (χ2n) is 4.46. The van der Waals surface area contributed by atoms with Gasteiger partial charge in [-0.3, -0.25) is 0 Å². The number of hydrogen-bond acceptors (Lipinski definition) is 8. The lowest BCUT2D eigenvalue weighted by Gasteiger charge is -2.29. The van der Waals surface area contributed by atoms with Crippen LogP contribution in [0.5, 0.6) is 0 Å². The summed E-state index contributed by atoms with van der Waals surface area (Å²) in [5.41, 5.74) is 5.70. The van der Waals surface area contributed by atoms with Gasteiger partial charge in [0.2, 0.25) is 0 Å². The first-order valence-electron chi connectivity index (χ1n) is 6.02. The highest BCUT2D eigenvalue weighted by Gasteiger charge is 2.27. The van der Waals surface area contributed by atoms with Crippen molar-refractivity contribution in [2.45, 2.75) is 17.9 Å². The van der Waals surface area contributed by atoms with E-state index in [0.717, 1.165) is 17.8 Å². The number of rotatable bonds is 8. The van der Waals surface area contributed by atoms with Crippen LogP contribution in [0.15, 0.2) is 4.90 Å². The van der Waals surface area contributed by atoms with Crippen LogP contribution < -0.4 is 10.6 Å². The largest absolute Gasteiger partial charge is 0.383 e. The maximum absolute atomic E-state index is 11.9. The third kappa shape index (κ3) is 4.05. The molecule has 0 radical (unpaired) electrons. The van der Waals surface area contributed by atoms with E-state index in [1.165, 1.54) is 0 Å². The highest BCUT2D eigenvalue weighted by molar-refractivity contribution is 7.91. The molecule has 2 N–H and O–H groups in total. The molecule has 1 unspecified atom stereocenters. The van der Waals surface area contributed by atoms with Gasteiger partial charge in [-0.15, -0.1) is 0 Å². The molecule has 0 amide bonds. The molecule has 1 aromatic heterocycles. The van der Waals surface area contributed by atoms with Gasteiger partial charge in [0.15, 0.2) is 15.7 Å². The molecule has 20 heavy (non-hydrogen) atoms. The van der Waals surface area contributed by atoms with Crippen molar-refractivity contribution in [3.63, 3.8) is 0 Å². The zero-order valence-corrected chi connectivity index (χ0v) is 13.8. The summed E-state index contributed by atoms with van der Waals surface area (Å²) in [5.74, 6) is 0.0412. The van der Waals surface area contributed by atoms with E-state index >= 15 is 0 Å². The number of aromatic nitrogens is 1. The minimum absolute atomic E-state index is 0.0181. The summed E-state index contributed by atoms with van der Waals surface area (Å²) in [4.78, 5) is 1.98. The fourth-order valence-corrected chi connectivity index (χ4v) is 4.18. The number of hydrogen-bond donors (Lipinski definition) is 1. The molecule has 0 saturated carbocycles. The lowest BCUT2D eigenvalue weighted by molar-refractivity contribution is 0.171. The van der Waals surface area contributed by atoms with Crippen LogP contribution in [0.4, 0.5) is 10.8 Å². The Balaban J connectivity index is 3.20. The van der Waals surface area contributed by atoms with E-state index in [1.54, 1.807) is 14.2 Å². The molecule has 0 aromatic carbocycles. The van der Waals surface area contributed by atoms with Gasteiger partial charge in [0.05, 0.1) is 19.3 Å². The molecule has 0 bridgehead atoms. The molecule has 116 valence electrons. The van der Waals surface area contributed by atoms with Crippen LogP contribution >= 0.6 is 11.5 Å². The highest BCUT2D eigenvalue weighted by Crippen LogP contribution is 2.35. The molecular formula is C11H21N3O4S2. The first kappa shape index (κ1) is 17.2. The van der Waals surface area contributed by atoms with E-state index in [4.69, 9.17) is 15.2 Å². The molecule has 0 aliphatic rings. The number of anilines is 2. The maximum atomic E-state index is 11.9. The first-order chi connectivity index (χ1) is 9.32. The Morgan fingerprint density at radius 1 is 1.40 bits per heavy atom. The molecule has 0 aliphatic heterocycles. The van der Waals surface area contributed by atoms with Crippen molar-refractivity contribution in [2.24, 2.45) is 0 Å². The number of methoxy groups -OCH3 is 2. The molecule has 1 aromatic rings. The van der Waals surface area contributed by atoms with Gasteiger partial charge in [0.1, 0.15) is 9.90 Å². The number of sulfone groups is 1. The van der Waals surface area contributed by atoms with Crippen LogP contribution in [0.3, 0.4) is 0 Å². The van der Waals surface area contributed by atoms with Gasteiger partial charge in [0, 0.05) is 27.0 Å². The number of nitrogens with two attached hydrogens (primary N) is 1. The lowest BCUT2D eigenvalue weighted by Crippen LogP contribution is -2.38. The van der Waals surface area contributed by atoms with Crippen LogP contribution in [0.2, 0.25) is 0 Å². The van der Waals surface area contributed by atoms with Crippen molar-refractivity contribution >= 4 is 32.2 Å². The summed E-state index contributed by atoms with van der Waals surface area (Å²) >= 11 is 1.08. The fraction of sp³-hybridized carbons (Fsp3) is 0.727. The molecular weight excluding hydrogens is 302 g/mol. The number of nitrogens with zero attached hydrogens (tertiary/aromatic N) is 2. The molecule has 0 spiro atoms. The van der Waals surface area contributed by atoms with Crippen LogP contribution in [-0.2, 0) is 19.3 Å². The Labute approximate surface area is 123 Å². The van der Waals surface area contributed by atoms with E-state index < -0.39 is 9.84 Å². The van der Waals surface area contributed by atoms with Crippen molar-refractivity contribution < 1.29 is 17.9 Å². The summed E-state index contributed by atoms with van der Waals surface area (Å²) in [7, 11) is -0.244. The predicted octanol–water partition coefficient (Wildman–Crippen LogP) is 0.617.